The minimum atomic E-state index is -0.628. The average molecular weight is 382 g/mol. The maximum Gasteiger partial charge on any atom is 0.312 e. The first-order valence-corrected chi connectivity index (χ1v) is 8.84. The molecule has 0 bridgehead atoms. The molecule has 0 saturated heterocycles. The molecule has 5 nitrogen and oxygen atoms in total. The number of amides is 3. The molecule has 1 aromatic rings. The fraction of sp³-hybridized carbons (Fsp3) is 0.529. The van der Waals surface area contributed by atoms with Crippen molar-refractivity contribution >= 4 is 27.9 Å². The van der Waals surface area contributed by atoms with E-state index in [2.05, 4.69) is 33.5 Å². The maximum atomic E-state index is 12.3. The number of primary amides is 1. The van der Waals surface area contributed by atoms with Crippen LogP contribution < -0.4 is 16.4 Å². The zero-order chi connectivity index (χ0) is 16.8. The Morgan fingerprint density at radius 1 is 1.22 bits per heavy atom. The number of halogens is 1. The van der Waals surface area contributed by atoms with Crippen LogP contribution in [0, 0.1) is 5.92 Å². The highest BCUT2D eigenvalue weighted by Crippen LogP contribution is 2.24. The summed E-state index contributed by atoms with van der Waals surface area (Å²) in [7, 11) is 0. The average Bonchev–Trinajstić information content (AvgIpc) is 2.49. The molecule has 2 rings (SSSR count). The fourth-order valence-corrected chi connectivity index (χ4v) is 3.26. The summed E-state index contributed by atoms with van der Waals surface area (Å²) in [6, 6.07) is 6.72. The summed E-state index contributed by atoms with van der Waals surface area (Å²) in [5.74, 6) is 0.696. The van der Waals surface area contributed by atoms with Gasteiger partial charge in [0.1, 0.15) is 0 Å². The van der Waals surface area contributed by atoms with Crippen LogP contribution in [0.25, 0.3) is 0 Å². The van der Waals surface area contributed by atoms with Gasteiger partial charge in [0, 0.05) is 10.5 Å². The second kappa shape index (κ2) is 8.34. The lowest BCUT2D eigenvalue weighted by Gasteiger charge is -2.27. The Hall–Kier alpha value is -1.56. The summed E-state index contributed by atoms with van der Waals surface area (Å²) in [5.41, 5.74) is 6.11. The van der Waals surface area contributed by atoms with Crippen LogP contribution in [0.2, 0.25) is 0 Å². The Morgan fingerprint density at radius 2 is 1.83 bits per heavy atom. The normalized spacial score (nSPS) is 22.2. The molecule has 1 aliphatic carbocycles. The van der Waals surface area contributed by atoms with Crippen molar-refractivity contribution in [3.8, 4) is 0 Å². The van der Waals surface area contributed by atoms with Gasteiger partial charge in [-0.2, -0.15) is 0 Å². The van der Waals surface area contributed by atoms with E-state index < -0.39 is 12.1 Å². The molecule has 1 aromatic carbocycles. The SMILES string of the molecule is CC1CCC(NC(=O)C[C@@H](NC(N)=O)c2ccc(Br)cc2)CC1. The summed E-state index contributed by atoms with van der Waals surface area (Å²) in [6.45, 7) is 2.25. The van der Waals surface area contributed by atoms with Gasteiger partial charge in [-0.15, -0.1) is 0 Å². The topological polar surface area (TPSA) is 84.2 Å². The molecule has 1 saturated carbocycles. The second-order valence-corrected chi connectivity index (χ2v) is 7.26. The van der Waals surface area contributed by atoms with Gasteiger partial charge in [0.05, 0.1) is 12.5 Å². The van der Waals surface area contributed by atoms with E-state index in [0.29, 0.717) is 0 Å². The lowest BCUT2D eigenvalue weighted by Crippen LogP contribution is -2.41. The molecule has 1 atom stereocenters. The summed E-state index contributed by atoms with van der Waals surface area (Å²) in [5, 5.41) is 5.74. The smallest absolute Gasteiger partial charge is 0.312 e. The number of carbonyl (C=O) groups excluding carboxylic acids is 2. The number of nitrogens with two attached hydrogens (primary N) is 1. The molecule has 1 fully saturated rings. The standard InChI is InChI=1S/C17H24BrN3O2/c1-11-2-8-14(9-3-11)20-16(22)10-15(21-17(19)23)12-4-6-13(18)7-5-12/h4-7,11,14-15H,2-3,8-10H2,1H3,(H,20,22)(H3,19,21,23)/t11?,14?,15-/m1/s1. The predicted octanol–water partition coefficient (Wildman–Crippen LogP) is 3.24. The third kappa shape index (κ3) is 5.86. The molecule has 1 aliphatic rings. The number of carbonyl (C=O) groups is 2. The molecule has 0 aromatic heterocycles. The number of urea groups is 1. The van der Waals surface area contributed by atoms with Gasteiger partial charge >= 0.3 is 6.03 Å². The highest BCUT2D eigenvalue weighted by atomic mass is 79.9. The predicted molar refractivity (Wildman–Crippen MR) is 93.8 cm³/mol. The van der Waals surface area contributed by atoms with Crippen LogP contribution in [0.3, 0.4) is 0 Å². The molecular formula is C17H24BrN3O2. The molecule has 126 valence electrons. The van der Waals surface area contributed by atoms with Gasteiger partial charge in [-0.05, 0) is 49.3 Å². The maximum absolute atomic E-state index is 12.3. The van der Waals surface area contributed by atoms with Gasteiger partial charge in [0.15, 0.2) is 0 Å². The second-order valence-electron chi connectivity index (χ2n) is 6.34. The highest BCUT2D eigenvalue weighted by Gasteiger charge is 2.22. The van der Waals surface area contributed by atoms with Crippen molar-refractivity contribution in [1.29, 1.82) is 0 Å². The molecule has 6 heteroatoms. The van der Waals surface area contributed by atoms with E-state index in [1.807, 2.05) is 24.3 Å². The van der Waals surface area contributed by atoms with Crippen molar-refractivity contribution in [3.63, 3.8) is 0 Å². The Bertz CT molecular complexity index is 539. The van der Waals surface area contributed by atoms with Crippen LogP contribution in [0.1, 0.15) is 50.6 Å². The molecule has 3 amide bonds. The molecule has 0 unspecified atom stereocenters. The van der Waals surface area contributed by atoms with Crippen molar-refractivity contribution in [3.05, 3.63) is 34.3 Å². The summed E-state index contributed by atoms with van der Waals surface area (Å²) >= 11 is 3.38. The Morgan fingerprint density at radius 3 is 2.39 bits per heavy atom. The van der Waals surface area contributed by atoms with Crippen LogP contribution in [-0.2, 0) is 4.79 Å². The number of hydrogen-bond acceptors (Lipinski definition) is 2. The zero-order valence-corrected chi connectivity index (χ0v) is 14.9. The molecule has 4 N–H and O–H groups in total. The first-order valence-electron chi connectivity index (χ1n) is 8.05. The summed E-state index contributed by atoms with van der Waals surface area (Å²) in [6.07, 6.45) is 4.55. The minimum absolute atomic E-state index is 0.0498. The lowest BCUT2D eigenvalue weighted by atomic mass is 9.87. The van der Waals surface area contributed by atoms with Crippen LogP contribution >= 0.6 is 15.9 Å². The molecule has 0 heterocycles. The van der Waals surface area contributed by atoms with Crippen LogP contribution in [-0.4, -0.2) is 18.0 Å². The van der Waals surface area contributed by atoms with E-state index >= 15 is 0 Å². The Labute approximate surface area is 145 Å². The quantitative estimate of drug-likeness (QED) is 0.731. The van der Waals surface area contributed by atoms with Crippen molar-refractivity contribution < 1.29 is 9.59 Å². The van der Waals surface area contributed by atoms with Crippen LogP contribution in [0.4, 0.5) is 4.79 Å². The van der Waals surface area contributed by atoms with Crippen LogP contribution in [0.15, 0.2) is 28.7 Å². The van der Waals surface area contributed by atoms with E-state index in [4.69, 9.17) is 5.73 Å². The number of benzene rings is 1. The Balaban J connectivity index is 1.95. The van der Waals surface area contributed by atoms with Gasteiger partial charge < -0.3 is 16.4 Å². The molecule has 0 radical (unpaired) electrons. The highest BCUT2D eigenvalue weighted by molar-refractivity contribution is 9.10. The fourth-order valence-electron chi connectivity index (χ4n) is 3.00. The lowest BCUT2D eigenvalue weighted by molar-refractivity contribution is -0.122. The number of hydrogen-bond donors (Lipinski definition) is 3. The van der Waals surface area contributed by atoms with E-state index in [-0.39, 0.29) is 18.4 Å². The van der Waals surface area contributed by atoms with Crippen molar-refractivity contribution in [2.24, 2.45) is 11.7 Å². The van der Waals surface area contributed by atoms with Gasteiger partial charge in [-0.25, -0.2) is 4.79 Å². The monoisotopic (exact) mass is 381 g/mol. The van der Waals surface area contributed by atoms with E-state index in [1.54, 1.807) is 0 Å². The van der Waals surface area contributed by atoms with E-state index in [9.17, 15) is 9.59 Å². The molecular weight excluding hydrogens is 358 g/mol. The number of rotatable bonds is 5. The van der Waals surface area contributed by atoms with Gasteiger partial charge in [-0.1, -0.05) is 35.0 Å². The summed E-state index contributed by atoms with van der Waals surface area (Å²) < 4.78 is 0.944. The molecule has 23 heavy (non-hydrogen) atoms. The zero-order valence-electron chi connectivity index (χ0n) is 13.3. The first kappa shape index (κ1) is 17.8. The van der Waals surface area contributed by atoms with Crippen molar-refractivity contribution in [2.45, 2.75) is 51.1 Å². The third-order valence-corrected chi connectivity index (χ3v) is 4.89. The van der Waals surface area contributed by atoms with E-state index in [0.717, 1.165) is 41.6 Å². The van der Waals surface area contributed by atoms with Gasteiger partial charge in [0.25, 0.3) is 0 Å². The van der Waals surface area contributed by atoms with Crippen molar-refractivity contribution in [2.75, 3.05) is 0 Å². The third-order valence-electron chi connectivity index (χ3n) is 4.36. The Kier molecular flexibility index (Phi) is 6.45. The molecule has 0 aliphatic heterocycles. The minimum Gasteiger partial charge on any atom is -0.353 e. The van der Waals surface area contributed by atoms with Gasteiger partial charge in [-0.3, -0.25) is 4.79 Å². The van der Waals surface area contributed by atoms with Crippen molar-refractivity contribution in [1.82, 2.24) is 10.6 Å². The van der Waals surface area contributed by atoms with Crippen LogP contribution in [0.5, 0.6) is 0 Å². The first-order chi connectivity index (χ1) is 10.9. The van der Waals surface area contributed by atoms with Gasteiger partial charge in [0.2, 0.25) is 5.91 Å². The van der Waals surface area contributed by atoms with E-state index in [1.165, 1.54) is 0 Å². The largest absolute Gasteiger partial charge is 0.353 e. The summed E-state index contributed by atoms with van der Waals surface area (Å²) in [4.78, 5) is 23.5. The molecule has 0 spiro atoms. The number of nitrogens with one attached hydrogen (secondary N) is 2.